The van der Waals surface area contributed by atoms with Crippen molar-refractivity contribution >= 4 is 28.9 Å². The number of rotatable bonds is 2. The summed E-state index contributed by atoms with van der Waals surface area (Å²) in [5.41, 5.74) is 1.23. The third kappa shape index (κ3) is 2.76. The summed E-state index contributed by atoms with van der Waals surface area (Å²) in [6.07, 6.45) is 1.10. The van der Waals surface area contributed by atoms with Gasteiger partial charge in [-0.25, -0.2) is 0 Å². The van der Waals surface area contributed by atoms with E-state index in [4.69, 9.17) is 23.2 Å². The fourth-order valence-electron chi connectivity index (χ4n) is 2.37. The Labute approximate surface area is 119 Å². The standard InChI is InChI=1S/C14H20Cl2N2/c1-4-14(3)9-18(10(2)8-17-14)13-6-5-11(15)7-12(13)16/h5-7,10,17H,4,8-9H2,1-3H3. The number of nitrogens with one attached hydrogen (secondary N) is 1. The lowest BCUT2D eigenvalue weighted by Crippen LogP contribution is -2.62. The summed E-state index contributed by atoms with van der Waals surface area (Å²) in [6.45, 7) is 8.63. The van der Waals surface area contributed by atoms with Crippen molar-refractivity contribution in [1.29, 1.82) is 0 Å². The predicted molar refractivity (Wildman–Crippen MR) is 80.0 cm³/mol. The first-order valence-corrected chi connectivity index (χ1v) is 7.17. The molecule has 1 aromatic carbocycles. The molecule has 1 aromatic rings. The minimum absolute atomic E-state index is 0.148. The Bertz CT molecular complexity index is 436. The normalized spacial score (nSPS) is 28.5. The Balaban J connectivity index is 2.30. The molecule has 1 heterocycles. The van der Waals surface area contributed by atoms with Gasteiger partial charge >= 0.3 is 0 Å². The van der Waals surface area contributed by atoms with Gasteiger partial charge in [-0.1, -0.05) is 30.1 Å². The predicted octanol–water partition coefficient (Wildman–Crippen LogP) is 3.96. The van der Waals surface area contributed by atoms with Crippen molar-refractivity contribution in [3.8, 4) is 0 Å². The maximum atomic E-state index is 6.32. The lowest BCUT2D eigenvalue weighted by atomic mass is 9.93. The minimum Gasteiger partial charge on any atom is -0.365 e. The van der Waals surface area contributed by atoms with Crippen LogP contribution in [0.15, 0.2) is 18.2 Å². The van der Waals surface area contributed by atoms with Crippen molar-refractivity contribution in [2.45, 2.75) is 38.8 Å². The molecule has 18 heavy (non-hydrogen) atoms. The van der Waals surface area contributed by atoms with Crippen LogP contribution in [0.2, 0.25) is 10.0 Å². The van der Waals surface area contributed by atoms with Crippen LogP contribution in [-0.4, -0.2) is 24.7 Å². The summed E-state index contributed by atoms with van der Waals surface area (Å²) < 4.78 is 0. The van der Waals surface area contributed by atoms with Crippen LogP contribution in [0, 0.1) is 0 Å². The van der Waals surface area contributed by atoms with E-state index in [2.05, 4.69) is 31.0 Å². The van der Waals surface area contributed by atoms with E-state index in [0.29, 0.717) is 11.1 Å². The molecule has 0 saturated carbocycles. The molecule has 1 aliphatic heterocycles. The molecule has 0 radical (unpaired) electrons. The maximum absolute atomic E-state index is 6.32. The molecule has 2 nitrogen and oxygen atoms in total. The second-order valence-electron chi connectivity index (χ2n) is 5.37. The SMILES string of the molecule is CCC1(C)CN(c2ccc(Cl)cc2Cl)C(C)CN1. The number of hydrogen-bond acceptors (Lipinski definition) is 2. The number of nitrogens with zero attached hydrogens (tertiary/aromatic N) is 1. The zero-order valence-corrected chi connectivity index (χ0v) is 12.6. The molecule has 1 fully saturated rings. The van der Waals surface area contributed by atoms with Gasteiger partial charge in [0.15, 0.2) is 0 Å². The van der Waals surface area contributed by atoms with Crippen LogP contribution in [0.5, 0.6) is 0 Å². The van der Waals surface area contributed by atoms with Gasteiger partial charge < -0.3 is 10.2 Å². The van der Waals surface area contributed by atoms with E-state index in [1.54, 1.807) is 0 Å². The topological polar surface area (TPSA) is 15.3 Å². The van der Waals surface area contributed by atoms with Gasteiger partial charge in [0.05, 0.1) is 10.7 Å². The minimum atomic E-state index is 0.148. The molecule has 1 N–H and O–H groups in total. The highest BCUT2D eigenvalue weighted by atomic mass is 35.5. The lowest BCUT2D eigenvalue weighted by molar-refractivity contribution is 0.285. The summed E-state index contributed by atoms with van der Waals surface area (Å²) in [7, 11) is 0. The second-order valence-corrected chi connectivity index (χ2v) is 6.21. The summed E-state index contributed by atoms with van der Waals surface area (Å²) in [6, 6.07) is 6.17. The van der Waals surface area contributed by atoms with Crippen molar-refractivity contribution in [3.63, 3.8) is 0 Å². The average molecular weight is 287 g/mol. The molecule has 0 amide bonds. The molecule has 1 saturated heterocycles. The van der Waals surface area contributed by atoms with E-state index >= 15 is 0 Å². The number of halogens is 2. The second kappa shape index (κ2) is 5.28. The van der Waals surface area contributed by atoms with E-state index in [9.17, 15) is 0 Å². The van der Waals surface area contributed by atoms with Crippen LogP contribution in [0.1, 0.15) is 27.2 Å². The molecule has 0 aliphatic carbocycles. The Kier molecular flexibility index (Phi) is 4.10. The summed E-state index contributed by atoms with van der Waals surface area (Å²) >= 11 is 12.3. The molecule has 0 spiro atoms. The van der Waals surface area contributed by atoms with Gasteiger partial charge in [-0.2, -0.15) is 0 Å². The molecule has 4 heteroatoms. The zero-order chi connectivity index (χ0) is 13.3. The molecule has 0 bridgehead atoms. The number of piperazine rings is 1. The van der Waals surface area contributed by atoms with E-state index in [0.717, 1.165) is 30.2 Å². The van der Waals surface area contributed by atoms with E-state index in [1.807, 2.05) is 18.2 Å². The van der Waals surface area contributed by atoms with Crippen LogP contribution >= 0.6 is 23.2 Å². The fraction of sp³-hybridized carbons (Fsp3) is 0.571. The lowest BCUT2D eigenvalue weighted by Gasteiger charge is -2.46. The van der Waals surface area contributed by atoms with Gasteiger partial charge in [-0.05, 0) is 38.5 Å². The van der Waals surface area contributed by atoms with Crippen molar-refractivity contribution in [1.82, 2.24) is 5.32 Å². The highest BCUT2D eigenvalue weighted by Gasteiger charge is 2.33. The van der Waals surface area contributed by atoms with Gasteiger partial charge in [-0.15, -0.1) is 0 Å². The van der Waals surface area contributed by atoms with Gasteiger partial charge in [0.2, 0.25) is 0 Å². The zero-order valence-electron chi connectivity index (χ0n) is 11.1. The largest absolute Gasteiger partial charge is 0.365 e. The van der Waals surface area contributed by atoms with Crippen molar-refractivity contribution < 1.29 is 0 Å². The van der Waals surface area contributed by atoms with Crippen molar-refractivity contribution in [3.05, 3.63) is 28.2 Å². The molecule has 100 valence electrons. The molecule has 0 aromatic heterocycles. The summed E-state index contributed by atoms with van der Waals surface area (Å²) in [4.78, 5) is 2.37. The van der Waals surface area contributed by atoms with Crippen LogP contribution < -0.4 is 10.2 Å². The van der Waals surface area contributed by atoms with Crippen LogP contribution in [-0.2, 0) is 0 Å². The van der Waals surface area contributed by atoms with Crippen LogP contribution in [0.3, 0.4) is 0 Å². The maximum Gasteiger partial charge on any atom is 0.0654 e. The Hall–Kier alpha value is -0.440. The first kappa shape index (κ1) is 14.0. The summed E-state index contributed by atoms with van der Waals surface area (Å²) in [5.74, 6) is 0. The van der Waals surface area contributed by atoms with Gasteiger partial charge in [0.1, 0.15) is 0 Å². The van der Waals surface area contributed by atoms with Crippen LogP contribution in [0.25, 0.3) is 0 Å². The average Bonchev–Trinajstić information content (AvgIpc) is 2.33. The molecule has 2 rings (SSSR count). The molecule has 2 atom stereocenters. The van der Waals surface area contributed by atoms with Crippen molar-refractivity contribution in [2.24, 2.45) is 0 Å². The van der Waals surface area contributed by atoms with E-state index in [-0.39, 0.29) is 5.54 Å². The highest BCUT2D eigenvalue weighted by Crippen LogP contribution is 2.32. The molecule has 2 unspecified atom stereocenters. The third-order valence-electron chi connectivity index (χ3n) is 3.88. The van der Waals surface area contributed by atoms with Crippen LogP contribution in [0.4, 0.5) is 5.69 Å². The van der Waals surface area contributed by atoms with E-state index < -0.39 is 0 Å². The number of benzene rings is 1. The van der Waals surface area contributed by atoms with E-state index in [1.165, 1.54) is 0 Å². The summed E-state index contributed by atoms with van der Waals surface area (Å²) in [5, 5.41) is 5.03. The monoisotopic (exact) mass is 286 g/mol. The number of hydrogen-bond donors (Lipinski definition) is 1. The Morgan fingerprint density at radius 3 is 2.78 bits per heavy atom. The first-order valence-electron chi connectivity index (χ1n) is 6.42. The molecule has 1 aliphatic rings. The Morgan fingerprint density at radius 2 is 2.17 bits per heavy atom. The third-order valence-corrected chi connectivity index (χ3v) is 4.41. The fourth-order valence-corrected chi connectivity index (χ4v) is 2.88. The van der Waals surface area contributed by atoms with Crippen molar-refractivity contribution in [2.75, 3.05) is 18.0 Å². The smallest absolute Gasteiger partial charge is 0.0654 e. The molecular weight excluding hydrogens is 267 g/mol. The number of anilines is 1. The molecular formula is C14H20Cl2N2. The quantitative estimate of drug-likeness (QED) is 0.885. The highest BCUT2D eigenvalue weighted by molar-refractivity contribution is 6.36. The van der Waals surface area contributed by atoms with Gasteiger partial charge in [0, 0.05) is 29.7 Å². The Morgan fingerprint density at radius 1 is 1.44 bits per heavy atom. The first-order chi connectivity index (χ1) is 8.45. The van der Waals surface area contributed by atoms with Gasteiger partial charge in [-0.3, -0.25) is 0 Å². The van der Waals surface area contributed by atoms with Gasteiger partial charge in [0.25, 0.3) is 0 Å².